The second-order valence-corrected chi connectivity index (χ2v) is 6.34. The summed E-state index contributed by atoms with van der Waals surface area (Å²) in [6.45, 7) is 12.7. The van der Waals surface area contributed by atoms with Crippen LogP contribution in [0.5, 0.6) is 0 Å². The van der Waals surface area contributed by atoms with Crippen molar-refractivity contribution in [1.29, 1.82) is 0 Å². The van der Waals surface area contributed by atoms with Gasteiger partial charge in [0.15, 0.2) is 5.96 Å². The highest BCUT2D eigenvalue weighted by atomic mass is 15.2. The van der Waals surface area contributed by atoms with Crippen LogP contribution in [-0.4, -0.2) is 50.6 Å². The van der Waals surface area contributed by atoms with Crippen LogP contribution < -0.4 is 10.6 Å². The lowest BCUT2D eigenvalue weighted by Gasteiger charge is -2.35. The Labute approximate surface area is 125 Å². The van der Waals surface area contributed by atoms with Crippen molar-refractivity contribution in [3.63, 3.8) is 0 Å². The molecule has 1 saturated heterocycles. The largest absolute Gasteiger partial charge is 0.356 e. The van der Waals surface area contributed by atoms with Crippen LogP contribution in [0, 0.1) is 11.8 Å². The Kier molecular flexibility index (Phi) is 8.67. The van der Waals surface area contributed by atoms with E-state index in [0.29, 0.717) is 0 Å². The van der Waals surface area contributed by atoms with Crippen molar-refractivity contribution in [2.24, 2.45) is 16.8 Å². The predicted octanol–water partition coefficient (Wildman–Crippen LogP) is 2.32. The number of hydrogen-bond acceptors (Lipinski definition) is 2. The number of nitrogens with zero attached hydrogens (tertiary/aromatic N) is 2. The van der Waals surface area contributed by atoms with Gasteiger partial charge in [-0.2, -0.15) is 0 Å². The first-order valence-electron chi connectivity index (χ1n) is 8.32. The van der Waals surface area contributed by atoms with Crippen LogP contribution in [0.3, 0.4) is 0 Å². The highest BCUT2D eigenvalue weighted by Gasteiger charge is 2.20. The molecule has 1 aliphatic rings. The maximum absolute atomic E-state index is 4.25. The molecule has 0 aromatic heterocycles. The molecule has 4 nitrogen and oxygen atoms in total. The summed E-state index contributed by atoms with van der Waals surface area (Å²) in [6, 6.07) is 0. The summed E-state index contributed by atoms with van der Waals surface area (Å²) in [5.74, 6) is 2.66. The molecule has 2 atom stereocenters. The van der Waals surface area contributed by atoms with Gasteiger partial charge < -0.3 is 15.5 Å². The van der Waals surface area contributed by atoms with E-state index in [0.717, 1.165) is 30.9 Å². The zero-order valence-corrected chi connectivity index (χ0v) is 13.9. The maximum atomic E-state index is 4.25. The Morgan fingerprint density at radius 3 is 2.25 bits per heavy atom. The quantitative estimate of drug-likeness (QED) is 0.428. The van der Waals surface area contributed by atoms with E-state index >= 15 is 0 Å². The molecule has 0 aliphatic carbocycles. The molecule has 0 bridgehead atoms. The van der Waals surface area contributed by atoms with Crippen molar-refractivity contribution in [1.82, 2.24) is 15.5 Å². The van der Waals surface area contributed by atoms with Gasteiger partial charge in [-0.15, -0.1) is 0 Å². The Morgan fingerprint density at radius 2 is 1.70 bits per heavy atom. The van der Waals surface area contributed by atoms with Crippen molar-refractivity contribution in [2.45, 2.75) is 46.5 Å². The van der Waals surface area contributed by atoms with E-state index < -0.39 is 0 Å². The topological polar surface area (TPSA) is 39.7 Å². The van der Waals surface area contributed by atoms with E-state index in [1.54, 1.807) is 0 Å². The molecule has 0 aromatic carbocycles. The summed E-state index contributed by atoms with van der Waals surface area (Å²) >= 11 is 0. The summed E-state index contributed by atoms with van der Waals surface area (Å²) in [6.07, 6.45) is 5.00. The minimum absolute atomic E-state index is 0.857. The van der Waals surface area contributed by atoms with Crippen LogP contribution in [0.15, 0.2) is 4.99 Å². The first-order chi connectivity index (χ1) is 9.65. The fraction of sp³-hybridized carbons (Fsp3) is 0.938. The minimum atomic E-state index is 0.857. The molecule has 1 rings (SSSR count). The third kappa shape index (κ3) is 7.13. The molecule has 2 unspecified atom stereocenters. The standard InChI is InChI=1S/C16H34N4/c1-5-6-8-18-16(17-4)19-9-7-10-20-12-14(2)11-15(3)13-20/h14-15H,5-13H2,1-4H3,(H2,17,18,19). The third-order valence-electron chi connectivity index (χ3n) is 3.93. The van der Waals surface area contributed by atoms with Gasteiger partial charge >= 0.3 is 0 Å². The molecule has 4 heteroatoms. The molecule has 0 radical (unpaired) electrons. The molecule has 0 spiro atoms. The zero-order valence-electron chi connectivity index (χ0n) is 13.9. The number of likely N-dealkylation sites (tertiary alicyclic amines) is 1. The summed E-state index contributed by atoms with van der Waals surface area (Å²) in [5.41, 5.74) is 0. The molecular formula is C16H34N4. The highest BCUT2D eigenvalue weighted by Crippen LogP contribution is 2.20. The minimum Gasteiger partial charge on any atom is -0.356 e. The monoisotopic (exact) mass is 282 g/mol. The molecular weight excluding hydrogens is 248 g/mol. The fourth-order valence-electron chi connectivity index (χ4n) is 3.09. The molecule has 0 aromatic rings. The number of aliphatic imine (C=N–C) groups is 1. The Balaban J connectivity index is 2.11. The summed E-state index contributed by atoms with van der Waals surface area (Å²) < 4.78 is 0. The van der Waals surface area contributed by atoms with Crippen LogP contribution in [0.2, 0.25) is 0 Å². The van der Waals surface area contributed by atoms with Gasteiger partial charge in [-0.1, -0.05) is 27.2 Å². The fourth-order valence-corrected chi connectivity index (χ4v) is 3.09. The summed E-state index contributed by atoms with van der Waals surface area (Å²) in [5, 5.41) is 6.75. The van der Waals surface area contributed by atoms with Crippen molar-refractivity contribution >= 4 is 5.96 Å². The smallest absolute Gasteiger partial charge is 0.190 e. The predicted molar refractivity (Wildman–Crippen MR) is 88.3 cm³/mol. The first kappa shape index (κ1) is 17.3. The first-order valence-corrected chi connectivity index (χ1v) is 8.32. The van der Waals surface area contributed by atoms with Gasteiger partial charge in [0.25, 0.3) is 0 Å². The van der Waals surface area contributed by atoms with Gasteiger partial charge in [0, 0.05) is 33.2 Å². The van der Waals surface area contributed by atoms with Crippen LogP contribution in [0.1, 0.15) is 46.5 Å². The summed E-state index contributed by atoms with van der Waals surface area (Å²) in [7, 11) is 1.84. The van der Waals surface area contributed by atoms with E-state index in [4.69, 9.17) is 0 Å². The van der Waals surface area contributed by atoms with Crippen LogP contribution in [0.4, 0.5) is 0 Å². The van der Waals surface area contributed by atoms with Crippen molar-refractivity contribution in [3.8, 4) is 0 Å². The van der Waals surface area contributed by atoms with E-state index in [-0.39, 0.29) is 0 Å². The van der Waals surface area contributed by atoms with E-state index in [9.17, 15) is 0 Å². The van der Waals surface area contributed by atoms with Gasteiger partial charge in [-0.3, -0.25) is 4.99 Å². The Hall–Kier alpha value is -0.770. The van der Waals surface area contributed by atoms with Crippen molar-refractivity contribution in [3.05, 3.63) is 0 Å². The second kappa shape index (κ2) is 10.0. The van der Waals surface area contributed by atoms with Gasteiger partial charge in [-0.05, 0) is 37.6 Å². The molecule has 1 heterocycles. The van der Waals surface area contributed by atoms with Crippen LogP contribution in [0.25, 0.3) is 0 Å². The number of unbranched alkanes of at least 4 members (excludes halogenated alkanes) is 1. The van der Waals surface area contributed by atoms with Crippen LogP contribution >= 0.6 is 0 Å². The average molecular weight is 282 g/mol. The molecule has 118 valence electrons. The second-order valence-electron chi connectivity index (χ2n) is 6.34. The molecule has 0 amide bonds. The van der Waals surface area contributed by atoms with Crippen LogP contribution in [-0.2, 0) is 0 Å². The average Bonchev–Trinajstić information content (AvgIpc) is 2.40. The van der Waals surface area contributed by atoms with E-state index in [2.05, 4.69) is 41.3 Å². The van der Waals surface area contributed by atoms with Gasteiger partial charge in [0.2, 0.25) is 0 Å². The molecule has 1 fully saturated rings. The lowest BCUT2D eigenvalue weighted by molar-refractivity contribution is 0.140. The number of hydrogen-bond donors (Lipinski definition) is 2. The molecule has 0 saturated carbocycles. The number of nitrogens with one attached hydrogen (secondary N) is 2. The van der Waals surface area contributed by atoms with E-state index in [1.165, 1.54) is 45.3 Å². The van der Waals surface area contributed by atoms with E-state index in [1.807, 2.05) is 7.05 Å². The Bertz CT molecular complexity index is 268. The zero-order chi connectivity index (χ0) is 14.8. The van der Waals surface area contributed by atoms with Crippen molar-refractivity contribution in [2.75, 3.05) is 39.8 Å². The normalized spacial score (nSPS) is 24.7. The van der Waals surface area contributed by atoms with Gasteiger partial charge in [0.05, 0.1) is 0 Å². The number of piperidine rings is 1. The third-order valence-corrected chi connectivity index (χ3v) is 3.93. The SMILES string of the molecule is CCCCNC(=NC)NCCCN1CC(C)CC(C)C1. The maximum Gasteiger partial charge on any atom is 0.190 e. The lowest BCUT2D eigenvalue weighted by atomic mass is 9.92. The number of rotatable bonds is 7. The molecule has 1 aliphatic heterocycles. The van der Waals surface area contributed by atoms with Gasteiger partial charge in [-0.25, -0.2) is 0 Å². The summed E-state index contributed by atoms with van der Waals surface area (Å²) in [4.78, 5) is 6.87. The number of guanidine groups is 1. The molecule has 2 N–H and O–H groups in total. The lowest BCUT2D eigenvalue weighted by Crippen LogP contribution is -2.41. The van der Waals surface area contributed by atoms with Gasteiger partial charge in [0.1, 0.15) is 0 Å². The molecule has 20 heavy (non-hydrogen) atoms. The highest BCUT2D eigenvalue weighted by molar-refractivity contribution is 5.79. The van der Waals surface area contributed by atoms with Crippen molar-refractivity contribution < 1.29 is 0 Å². The Morgan fingerprint density at radius 1 is 1.10 bits per heavy atom.